The Balaban J connectivity index is 1.80. The summed E-state index contributed by atoms with van der Waals surface area (Å²) in [6.07, 6.45) is 5.61. The van der Waals surface area contributed by atoms with E-state index in [4.69, 9.17) is 4.74 Å². The van der Waals surface area contributed by atoms with Gasteiger partial charge in [0.1, 0.15) is 11.4 Å². The van der Waals surface area contributed by atoms with Gasteiger partial charge in [-0.05, 0) is 34.9 Å². The van der Waals surface area contributed by atoms with Crippen molar-refractivity contribution in [1.82, 2.24) is 15.4 Å². The fraction of sp³-hybridized carbons (Fsp3) is 0.0588. The van der Waals surface area contributed by atoms with Crippen LogP contribution in [0.25, 0.3) is 23.3 Å². The van der Waals surface area contributed by atoms with Gasteiger partial charge in [0.05, 0.1) is 13.3 Å². The van der Waals surface area contributed by atoms with Gasteiger partial charge < -0.3 is 4.74 Å². The number of aromatic amines is 1. The van der Waals surface area contributed by atoms with E-state index in [9.17, 15) is 0 Å². The van der Waals surface area contributed by atoms with E-state index in [1.165, 1.54) is 0 Å². The van der Waals surface area contributed by atoms with Crippen LogP contribution in [0.3, 0.4) is 0 Å². The summed E-state index contributed by atoms with van der Waals surface area (Å²) in [5, 5.41) is 10.3. The fourth-order valence-corrected chi connectivity index (χ4v) is 2.06. The Morgan fingerprint density at radius 3 is 2.57 bits per heavy atom. The van der Waals surface area contributed by atoms with E-state index >= 15 is 0 Å². The van der Waals surface area contributed by atoms with Gasteiger partial charge in [-0.3, -0.25) is 0 Å². The molecule has 0 bridgehead atoms. The molecule has 0 aliphatic heterocycles. The highest BCUT2D eigenvalue weighted by atomic mass is 16.5. The Labute approximate surface area is 123 Å². The lowest BCUT2D eigenvalue weighted by atomic mass is 10.0. The number of nitrogens with zero attached hydrogens (tertiary/aromatic N) is 2. The summed E-state index contributed by atoms with van der Waals surface area (Å²) in [5.74, 6) is 0.863. The van der Waals surface area contributed by atoms with Crippen molar-refractivity contribution in [3.8, 4) is 16.9 Å². The van der Waals surface area contributed by atoms with Crippen LogP contribution < -0.4 is 4.74 Å². The van der Waals surface area contributed by atoms with Crippen LogP contribution in [0.5, 0.6) is 5.75 Å². The Morgan fingerprint density at radius 2 is 1.86 bits per heavy atom. The maximum Gasteiger partial charge on any atom is 0.119 e. The topological polar surface area (TPSA) is 50.8 Å². The van der Waals surface area contributed by atoms with Crippen LogP contribution >= 0.6 is 0 Å². The first-order valence-electron chi connectivity index (χ1n) is 6.63. The van der Waals surface area contributed by atoms with Gasteiger partial charge in [-0.1, -0.05) is 42.5 Å². The third-order valence-electron chi connectivity index (χ3n) is 3.19. The van der Waals surface area contributed by atoms with Crippen molar-refractivity contribution in [1.29, 1.82) is 0 Å². The maximum atomic E-state index is 5.25. The number of methoxy groups -OCH3 is 1. The first-order valence-corrected chi connectivity index (χ1v) is 6.63. The zero-order chi connectivity index (χ0) is 14.5. The largest absolute Gasteiger partial charge is 0.497 e. The molecule has 0 radical (unpaired) electrons. The number of benzene rings is 2. The van der Waals surface area contributed by atoms with E-state index in [-0.39, 0.29) is 0 Å². The maximum absolute atomic E-state index is 5.25. The van der Waals surface area contributed by atoms with Gasteiger partial charge in [0.25, 0.3) is 0 Å². The van der Waals surface area contributed by atoms with Crippen LogP contribution in [0.2, 0.25) is 0 Å². The van der Waals surface area contributed by atoms with E-state index in [1.54, 1.807) is 13.3 Å². The molecule has 0 aliphatic rings. The molecule has 0 spiro atoms. The quantitative estimate of drug-likeness (QED) is 0.792. The average molecular weight is 277 g/mol. The minimum atomic E-state index is 0.812. The number of nitrogens with one attached hydrogen (secondary N) is 1. The second-order valence-corrected chi connectivity index (χ2v) is 4.58. The van der Waals surface area contributed by atoms with Crippen LogP contribution in [0.4, 0.5) is 0 Å². The molecule has 2 aromatic carbocycles. The monoisotopic (exact) mass is 277 g/mol. The summed E-state index contributed by atoms with van der Waals surface area (Å²) in [5.41, 5.74) is 4.23. The fourth-order valence-electron chi connectivity index (χ4n) is 2.06. The molecule has 0 amide bonds. The summed E-state index contributed by atoms with van der Waals surface area (Å²) < 4.78 is 5.25. The summed E-state index contributed by atoms with van der Waals surface area (Å²) >= 11 is 0. The van der Waals surface area contributed by atoms with Crippen LogP contribution in [-0.4, -0.2) is 22.5 Å². The van der Waals surface area contributed by atoms with Crippen LogP contribution in [0.15, 0.2) is 54.7 Å². The molecule has 3 rings (SSSR count). The van der Waals surface area contributed by atoms with Crippen LogP contribution in [-0.2, 0) is 0 Å². The number of hydrogen-bond donors (Lipinski definition) is 1. The van der Waals surface area contributed by atoms with Gasteiger partial charge in [-0.2, -0.15) is 15.4 Å². The summed E-state index contributed by atoms with van der Waals surface area (Å²) in [7, 11) is 1.68. The van der Waals surface area contributed by atoms with Crippen LogP contribution in [0.1, 0.15) is 11.3 Å². The highest BCUT2D eigenvalue weighted by Gasteiger charge is 1.99. The van der Waals surface area contributed by atoms with E-state index in [0.717, 1.165) is 28.1 Å². The lowest BCUT2D eigenvalue weighted by Crippen LogP contribution is -1.84. The van der Waals surface area contributed by atoms with Gasteiger partial charge in [0.15, 0.2) is 0 Å². The molecule has 0 aliphatic carbocycles. The van der Waals surface area contributed by atoms with Crippen molar-refractivity contribution >= 4 is 12.2 Å². The van der Waals surface area contributed by atoms with Crippen molar-refractivity contribution in [2.45, 2.75) is 0 Å². The highest BCUT2D eigenvalue weighted by molar-refractivity contribution is 5.71. The van der Waals surface area contributed by atoms with E-state index in [2.05, 4.69) is 45.7 Å². The Morgan fingerprint density at radius 1 is 1.00 bits per heavy atom. The molecular weight excluding hydrogens is 262 g/mol. The molecule has 4 heteroatoms. The van der Waals surface area contributed by atoms with Gasteiger partial charge in [0, 0.05) is 0 Å². The molecule has 1 heterocycles. The van der Waals surface area contributed by atoms with Crippen molar-refractivity contribution in [3.63, 3.8) is 0 Å². The number of rotatable bonds is 4. The van der Waals surface area contributed by atoms with Crippen molar-refractivity contribution in [2.24, 2.45) is 0 Å². The molecule has 4 nitrogen and oxygen atoms in total. The standard InChI is InChI=1S/C17H15N3O/c1-21-17-4-2-3-15(11-17)14-8-5-13(6-9-14)7-10-16-12-18-20-19-16/h2-12H,1H3,(H,18,19,20)/b10-7+. The highest BCUT2D eigenvalue weighted by Crippen LogP contribution is 2.24. The second-order valence-electron chi connectivity index (χ2n) is 4.58. The Kier molecular flexibility index (Phi) is 3.78. The Hall–Kier alpha value is -2.88. The molecule has 21 heavy (non-hydrogen) atoms. The normalized spacial score (nSPS) is 10.9. The summed E-state index contributed by atoms with van der Waals surface area (Å²) in [4.78, 5) is 0. The summed E-state index contributed by atoms with van der Waals surface area (Å²) in [6.45, 7) is 0. The number of H-pyrrole nitrogens is 1. The molecule has 0 unspecified atom stereocenters. The molecule has 3 aromatic rings. The number of hydrogen-bond acceptors (Lipinski definition) is 3. The first kappa shape index (κ1) is 13.1. The predicted molar refractivity (Wildman–Crippen MR) is 83.7 cm³/mol. The molecule has 1 aromatic heterocycles. The van der Waals surface area contributed by atoms with E-state index in [0.29, 0.717) is 0 Å². The average Bonchev–Trinajstić information content (AvgIpc) is 3.07. The third kappa shape index (κ3) is 3.17. The molecule has 1 N–H and O–H groups in total. The first-order chi connectivity index (χ1) is 10.3. The van der Waals surface area contributed by atoms with Crippen molar-refractivity contribution in [2.75, 3.05) is 7.11 Å². The van der Waals surface area contributed by atoms with Gasteiger partial charge in [0.2, 0.25) is 0 Å². The van der Waals surface area contributed by atoms with Crippen LogP contribution in [0, 0.1) is 0 Å². The van der Waals surface area contributed by atoms with Gasteiger partial charge >= 0.3 is 0 Å². The molecule has 0 atom stereocenters. The number of aromatic nitrogens is 3. The SMILES string of the molecule is COc1cccc(-c2ccc(/C=C/c3cn[nH]n3)cc2)c1. The molecule has 0 saturated heterocycles. The predicted octanol–water partition coefficient (Wildman–Crippen LogP) is 3.65. The molecule has 0 fully saturated rings. The second kappa shape index (κ2) is 6.05. The lowest BCUT2D eigenvalue weighted by Gasteiger charge is -2.05. The zero-order valence-electron chi connectivity index (χ0n) is 11.7. The van der Waals surface area contributed by atoms with E-state index < -0.39 is 0 Å². The third-order valence-corrected chi connectivity index (χ3v) is 3.19. The Bertz CT molecular complexity index is 731. The summed E-state index contributed by atoms with van der Waals surface area (Å²) in [6, 6.07) is 16.4. The molecular formula is C17H15N3O. The van der Waals surface area contributed by atoms with Crippen molar-refractivity contribution in [3.05, 3.63) is 66.0 Å². The molecule has 104 valence electrons. The molecule has 0 saturated carbocycles. The minimum absolute atomic E-state index is 0.812. The zero-order valence-corrected chi connectivity index (χ0v) is 11.7. The van der Waals surface area contributed by atoms with Gasteiger partial charge in [-0.25, -0.2) is 0 Å². The van der Waals surface area contributed by atoms with Crippen molar-refractivity contribution < 1.29 is 4.74 Å². The minimum Gasteiger partial charge on any atom is -0.497 e. The smallest absolute Gasteiger partial charge is 0.119 e. The van der Waals surface area contributed by atoms with Gasteiger partial charge in [-0.15, -0.1) is 0 Å². The number of ether oxygens (including phenoxy) is 1. The lowest BCUT2D eigenvalue weighted by molar-refractivity contribution is 0.415. The van der Waals surface area contributed by atoms with E-state index in [1.807, 2.05) is 30.4 Å².